The minimum atomic E-state index is 0.163. The number of carbonyl (C=O) groups is 1. The van der Waals surface area contributed by atoms with Crippen molar-refractivity contribution in [1.29, 1.82) is 0 Å². The van der Waals surface area contributed by atoms with E-state index in [9.17, 15) is 4.79 Å². The zero-order chi connectivity index (χ0) is 13.8. The van der Waals surface area contributed by atoms with Crippen LogP contribution in [0.2, 0.25) is 0 Å². The molecule has 0 aliphatic carbocycles. The van der Waals surface area contributed by atoms with E-state index in [-0.39, 0.29) is 17.4 Å². The molecule has 3 heterocycles. The Hall–Kier alpha value is -0.300. The lowest BCUT2D eigenvalue weighted by atomic mass is 9.95. The smallest absolute Gasteiger partial charge is 0.224 e. The largest absolute Gasteiger partial charge is 0.379 e. The molecule has 2 unspecified atom stereocenters. The van der Waals surface area contributed by atoms with Gasteiger partial charge < -0.3 is 15.4 Å². The van der Waals surface area contributed by atoms with Gasteiger partial charge in [0, 0.05) is 37.5 Å². The van der Waals surface area contributed by atoms with Gasteiger partial charge in [0.25, 0.3) is 0 Å². The molecule has 0 aromatic rings. The molecule has 6 heteroatoms. The van der Waals surface area contributed by atoms with E-state index in [1.165, 1.54) is 12.2 Å². The molecule has 114 valence electrons. The van der Waals surface area contributed by atoms with E-state index in [2.05, 4.69) is 15.5 Å². The molecular formula is C14H25N3O2S. The highest BCUT2D eigenvalue weighted by molar-refractivity contribution is 7.99. The maximum absolute atomic E-state index is 12.2. The predicted octanol–water partition coefficient (Wildman–Crippen LogP) is -0.0800. The summed E-state index contributed by atoms with van der Waals surface area (Å²) in [5.41, 5.74) is 0.163. The van der Waals surface area contributed by atoms with Crippen molar-refractivity contribution in [3.63, 3.8) is 0 Å². The SMILES string of the molecule is O=C(NCC1(N2CCOCC2)CCSC1)C1CCNC1. The summed E-state index contributed by atoms with van der Waals surface area (Å²) in [6.07, 6.45) is 2.16. The van der Waals surface area contributed by atoms with Gasteiger partial charge >= 0.3 is 0 Å². The Balaban J connectivity index is 1.57. The molecule has 20 heavy (non-hydrogen) atoms. The van der Waals surface area contributed by atoms with E-state index in [0.717, 1.165) is 58.1 Å². The Morgan fingerprint density at radius 2 is 2.30 bits per heavy atom. The molecule has 2 N–H and O–H groups in total. The van der Waals surface area contributed by atoms with Gasteiger partial charge in [0.05, 0.1) is 19.1 Å². The molecule has 3 aliphatic heterocycles. The first-order chi connectivity index (χ1) is 9.80. The summed E-state index contributed by atoms with van der Waals surface area (Å²) >= 11 is 2.01. The van der Waals surface area contributed by atoms with E-state index < -0.39 is 0 Å². The van der Waals surface area contributed by atoms with E-state index in [0.29, 0.717) is 0 Å². The summed E-state index contributed by atoms with van der Waals surface area (Å²) in [5.74, 6) is 2.75. The van der Waals surface area contributed by atoms with E-state index >= 15 is 0 Å². The number of hydrogen-bond donors (Lipinski definition) is 2. The van der Waals surface area contributed by atoms with E-state index in [4.69, 9.17) is 4.74 Å². The predicted molar refractivity (Wildman–Crippen MR) is 81.1 cm³/mol. The van der Waals surface area contributed by atoms with E-state index in [1.54, 1.807) is 0 Å². The first kappa shape index (κ1) is 14.6. The zero-order valence-electron chi connectivity index (χ0n) is 12.0. The molecule has 0 bridgehead atoms. The van der Waals surface area contributed by atoms with Gasteiger partial charge in [-0.3, -0.25) is 9.69 Å². The van der Waals surface area contributed by atoms with Crippen molar-refractivity contribution in [1.82, 2.24) is 15.5 Å². The number of nitrogens with zero attached hydrogens (tertiary/aromatic N) is 1. The Labute approximate surface area is 125 Å². The second kappa shape index (κ2) is 6.64. The van der Waals surface area contributed by atoms with Crippen LogP contribution in [0, 0.1) is 5.92 Å². The van der Waals surface area contributed by atoms with Gasteiger partial charge in [-0.2, -0.15) is 11.8 Å². The first-order valence-corrected chi connectivity index (χ1v) is 8.85. The van der Waals surface area contributed by atoms with Gasteiger partial charge in [-0.25, -0.2) is 0 Å². The number of ether oxygens (including phenoxy) is 1. The second-order valence-corrected chi connectivity index (χ2v) is 7.14. The average molecular weight is 299 g/mol. The third-order valence-corrected chi connectivity index (χ3v) is 6.02. The Kier molecular flexibility index (Phi) is 4.86. The van der Waals surface area contributed by atoms with Crippen molar-refractivity contribution < 1.29 is 9.53 Å². The quantitative estimate of drug-likeness (QED) is 0.760. The summed E-state index contributed by atoms with van der Waals surface area (Å²) in [5, 5.41) is 6.49. The Morgan fingerprint density at radius 1 is 1.45 bits per heavy atom. The number of morpholine rings is 1. The number of thioether (sulfide) groups is 1. The lowest BCUT2D eigenvalue weighted by Gasteiger charge is -2.43. The van der Waals surface area contributed by atoms with Crippen LogP contribution in [0.3, 0.4) is 0 Å². The van der Waals surface area contributed by atoms with Crippen LogP contribution in [0.5, 0.6) is 0 Å². The molecule has 3 saturated heterocycles. The minimum absolute atomic E-state index is 0.163. The van der Waals surface area contributed by atoms with Crippen molar-refractivity contribution in [3.8, 4) is 0 Å². The summed E-state index contributed by atoms with van der Waals surface area (Å²) in [6.45, 7) is 6.27. The molecule has 1 amide bonds. The minimum Gasteiger partial charge on any atom is -0.379 e. The van der Waals surface area contributed by atoms with Crippen LogP contribution in [0.4, 0.5) is 0 Å². The molecule has 5 nitrogen and oxygen atoms in total. The third kappa shape index (κ3) is 3.13. The maximum Gasteiger partial charge on any atom is 0.224 e. The van der Waals surface area contributed by atoms with Crippen molar-refractivity contribution in [2.75, 3.05) is 57.4 Å². The van der Waals surface area contributed by atoms with Gasteiger partial charge in [-0.1, -0.05) is 0 Å². The highest BCUT2D eigenvalue weighted by Crippen LogP contribution is 2.33. The Bertz CT molecular complexity index is 335. The second-order valence-electron chi connectivity index (χ2n) is 6.03. The van der Waals surface area contributed by atoms with E-state index in [1.807, 2.05) is 11.8 Å². The molecule has 0 spiro atoms. The monoisotopic (exact) mass is 299 g/mol. The molecular weight excluding hydrogens is 274 g/mol. The normalized spacial score (nSPS) is 35.3. The van der Waals surface area contributed by atoms with Crippen LogP contribution >= 0.6 is 11.8 Å². The summed E-state index contributed by atoms with van der Waals surface area (Å²) in [4.78, 5) is 14.8. The fraction of sp³-hybridized carbons (Fsp3) is 0.929. The standard InChI is InChI=1S/C14H25N3O2S/c18-13(12-1-3-15-9-12)16-10-14(2-8-20-11-14)17-4-6-19-7-5-17/h12,15H,1-11H2,(H,16,18). The number of hydrogen-bond acceptors (Lipinski definition) is 5. The third-order valence-electron chi connectivity index (χ3n) is 4.79. The fourth-order valence-corrected chi connectivity index (χ4v) is 4.89. The summed E-state index contributed by atoms with van der Waals surface area (Å²) in [7, 11) is 0. The topological polar surface area (TPSA) is 53.6 Å². The van der Waals surface area contributed by atoms with Crippen LogP contribution in [-0.2, 0) is 9.53 Å². The highest BCUT2D eigenvalue weighted by Gasteiger charge is 2.41. The first-order valence-electron chi connectivity index (χ1n) is 7.69. The molecule has 0 radical (unpaired) electrons. The van der Waals surface area contributed by atoms with Gasteiger partial charge in [0.15, 0.2) is 0 Å². The maximum atomic E-state index is 12.2. The summed E-state index contributed by atoms with van der Waals surface area (Å²) in [6, 6.07) is 0. The number of rotatable bonds is 4. The average Bonchev–Trinajstić information content (AvgIpc) is 3.18. The van der Waals surface area contributed by atoms with Crippen LogP contribution in [0.25, 0.3) is 0 Å². The van der Waals surface area contributed by atoms with Gasteiger partial charge in [0.2, 0.25) is 5.91 Å². The zero-order valence-corrected chi connectivity index (χ0v) is 12.8. The number of carbonyl (C=O) groups excluding carboxylic acids is 1. The van der Waals surface area contributed by atoms with Crippen LogP contribution < -0.4 is 10.6 Å². The molecule has 2 atom stereocenters. The van der Waals surface area contributed by atoms with Gasteiger partial charge in [0.1, 0.15) is 0 Å². The molecule has 0 saturated carbocycles. The lowest BCUT2D eigenvalue weighted by Crippen LogP contribution is -2.59. The van der Waals surface area contributed by atoms with Crippen LogP contribution in [0.1, 0.15) is 12.8 Å². The van der Waals surface area contributed by atoms with Crippen molar-refractivity contribution in [2.24, 2.45) is 5.92 Å². The molecule has 3 rings (SSSR count). The van der Waals surface area contributed by atoms with Crippen molar-refractivity contribution >= 4 is 17.7 Å². The van der Waals surface area contributed by atoms with Gasteiger partial charge in [-0.15, -0.1) is 0 Å². The highest BCUT2D eigenvalue weighted by atomic mass is 32.2. The molecule has 3 aliphatic rings. The van der Waals surface area contributed by atoms with Crippen molar-refractivity contribution in [2.45, 2.75) is 18.4 Å². The number of nitrogens with one attached hydrogen (secondary N) is 2. The number of amides is 1. The fourth-order valence-electron chi connectivity index (χ4n) is 3.41. The lowest BCUT2D eigenvalue weighted by molar-refractivity contribution is -0.125. The summed E-state index contributed by atoms with van der Waals surface area (Å²) < 4.78 is 5.47. The molecule has 0 aromatic heterocycles. The van der Waals surface area contributed by atoms with Crippen LogP contribution in [-0.4, -0.2) is 73.8 Å². The van der Waals surface area contributed by atoms with Crippen LogP contribution in [0.15, 0.2) is 0 Å². The molecule has 0 aromatic carbocycles. The Morgan fingerprint density at radius 3 is 2.95 bits per heavy atom. The van der Waals surface area contributed by atoms with Gasteiger partial charge in [-0.05, 0) is 25.1 Å². The van der Waals surface area contributed by atoms with Crippen molar-refractivity contribution in [3.05, 3.63) is 0 Å². The molecule has 3 fully saturated rings.